The molecule has 0 amide bonds. The summed E-state index contributed by atoms with van der Waals surface area (Å²) in [5, 5.41) is 7.05. The Bertz CT molecular complexity index is 641. The number of guanidine groups is 1. The van der Waals surface area contributed by atoms with Crippen molar-refractivity contribution in [2.75, 3.05) is 65.5 Å². The first-order chi connectivity index (χ1) is 13.7. The van der Waals surface area contributed by atoms with Crippen molar-refractivity contribution in [2.24, 2.45) is 4.99 Å². The number of hydrogen-bond donors (Lipinski definition) is 2. The molecule has 0 bridgehead atoms. The van der Waals surface area contributed by atoms with Gasteiger partial charge in [0.2, 0.25) is 0 Å². The first-order valence-electron chi connectivity index (χ1n) is 10.3. The highest BCUT2D eigenvalue weighted by atomic mass is 127. The highest BCUT2D eigenvalue weighted by Crippen LogP contribution is 2.30. The second-order valence-corrected chi connectivity index (χ2v) is 7.51. The number of halogens is 1. The Labute approximate surface area is 192 Å². The van der Waals surface area contributed by atoms with Gasteiger partial charge in [-0.3, -0.25) is 9.89 Å². The van der Waals surface area contributed by atoms with Crippen LogP contribution in [0.25, 0.3) is 0 Å². The zero-order valence-corrected chi connectivity index (χ0v) is 20.2. The molecule has 2 N–H and O–H groups in total. The minimum atomic E-state index is 0. The monoisotopic (exact) mass is 517 g/mol. The Balaban J connectivity index is 0.00000300. The lowest BCUT2D eigenvalue weighted by atomic mass is 10.2. The molecule has 1 aliphatic heterocycles. The van der Waals surface area contributed by atoms with Crippen LogP contribution in [0.3, 0.4) is 0 Å². The fourth-order valence-corrected chi connectivity index (χ4v) is 3.82. The maximum absolute atomic E-state index is 5.51. The third kappa shape index (κ3) is 7.18. The lowest BCUT2D eigenvalue weighted by Crippen LogP contribution is -2.47. The number of rotatable bonds is 10. The Morgan fingerprint density at radius 2 is 2.00 bits per heavy atom. The Hall–Kier alpha value is -1.26. The van der Waals surface area contributed by atoms with E-state index in [4.69, 9.17) is 9.47 Å². The molecule has 0 aromatic heterocycles. The molecule has 2 aliphatic rings. The summed E-state index contributed by atoms with van der Waals surface area (Å²) >= 11 is 0. The first kappa shape index (κ1) is 24.0. The third-order valence-electron chi connectivity index (χ3n) is 5.52. The van der Waals surface area contributed by atoms with Crippen LogP contribution in [0.1, 0.15) is 19.3 Å². The summed E-state index contributed by atoms with van der Waals surface area (Å²) in [6, 6.07) is 9.35. The summed E-state index contributed by atoms with van der Waals surface area (Å²) in [6.45, 7) is 5.68. The van der Waals surface area contributed by atoms with E-state index in [0.29, 0.717) is 6.04 Å². The maximum atomic E-state index is 5.51. The summed E-state index contributed by atoms with van der Waals surface area (Å²) in [6.07, 6.45) is 3.72. The lowest BCUT2D eigenvalue weighted by molar-refractivity contribution is 0.144. The predicted molar refractivity (Wildman–Crippen MR) is 130 cm³/mol. The van der Waals surface area contributed by atoms with Crippen LogP contribution >= 0.6 is 24.0 Å². The molecule has 7 nitrogen and oxygen atoms in total. The second-order valence-electron chi connectivity index (χ2n) is 7.51. The van der Waals surface area contributed by atoms with Gasteiger partial charge in [-0.05, 0) is 31.4 Å². The van der Waals surface area contributed by atoms with Crippen LogP contribution in [0, 0.1) is 0 Å². The largest absolute Gasteiger partial charge is 0.495 e. The molecule has 1 unspecified atom stereocenters. The van der Waals surface area contributed by atoms with E-state index in [9.17, 15) is 0 Å². The van der Waals surface area contributed by atoms with Crippen molar-refractivity contribution in [3.63, 3.8) is 0 Å². The number of anilines is 1. The van der Waals surface area contributed by atoms with Crippen LogP contribution in [0.2, 0.25) is 0 Å². The second kappa shape index (κ2) is 12.4. The zero-order valence-electron chi connectivity index (χ0n) is 17.9. The van der Waals surface area contributed by atoms with E-state index in [-0.39, 0.29) is 24.0 Å². The van der Waals surface area contributed by atoms with Gasteiger partial charge in [-0.25, -0.2) is 0 Å². The van der Waals surface area contributed by atoms with Crippen LogP contribution in [0.15, 0.2) is 29.3 Å². The molecule has 3 rings (SSSR count). The Kier molecular flexibility index (Phi) is 10.3. The lowest BCUT2D eigenvalue weighted by Gasteiger charge is -2.24. The molecule has 1 atom stereocenters. The molecule has 8 heteroatoms. The molecule has 29 heavy (non-hydrogen) atoms. The van der Waals surface area contributed by atoms with Gasteiger partial charge in [-0.2, -0.15) is 0 Å². The molecule has 2 fully saturated rings. The van der Waals surface area contributed by atoms with E-state index in [2.05, 4.69) is 37.6 Å². The molecular formula is C21H36IN5O2. The highest BCUT2D eigenvalue weighted by molar-refractivity contribution is 14.0. The average Bonchev–Trinajstić information content (AvgIpc) is 3.47. The molecule has 1 saturated heterocycles. The molecule has 1 saturated carbocycles. The number of ether oxygens (including phenoxy) is 2. The Morgan fingerprint density at radius 3 is 2.69 bits per heavy atom. The van der Waals surface area contributed by atoms with E-state index in [0.717, 1.165) is 69.2 Å². The molecule has 1 heterocycles. The number of hydrogen-bond acceptors (Lipinski definition) is 5. The number of nitrogens with one attached hydrogen (secondary N) is 2. The van der Waals surface area contributed by atoms with Gasteiger partial charge in [0.05, 0.1) is 19.4 Å². The van der Waals surface area contributed by atoms with Gasteiger partial charge < -0.3 is 25.0 Å². The van der Waals surface area contributed by atoms with Gasteiger partial charge in [0.25, 0.3) is 0 Å². The van der Waals surface area contributed by atoms with Crippen molar-refractivity contribution in [3.8, 4) is 5.75 Å². The van der Waals surface area contributed by atoms with E-state index in [1.807, 2.05) is 19.2 Å². The Morgan fingerprint density at radius 1 is 1.21 bits per heavy atom. The normalized spacial score (nSPS) is 19.2. The smallest absolute Gasteiger partial charge is 0.191 e. The molecule has 1 aromatic rings. The summed E-state index contributed by atoms with van der Waals surface area (Å²) in [5.41, 5.74) is 1.16. The number of aliphatic imine (C=N–C) groups is 1. The topological polar surface area (TPSA) is 61.4 Å². The van der Waals surface area contributed by atoms with Crippen molar-refractivity contribution in [3.05, 3.63) is 24.3 Å². The van der Waals surface area contributed by atoms with E-state index >= 15 is 0 Å². The molecule has 1 aromatic carbocycles. The van der Waals surface area contributed by atoms with Crippen molar-refractivity contribution in [1.29, 1.82) is 0 Å². The third-order valence-corrected chi connectivity index (χ3v) is 5.52. The van der Waals surface area contributed by atoms with Crippen molar-refractivity contribution in [2.45, 2.75) is 31.3 Å². The van der Waals surface area contributed by atoms with E-state index < -0.39 is 0 Å². The van der Waals surface area contributed by atoms with Gasteiger partial charge in [0, 0.05) is 59.0 Å². The fourth-order valence-electron chi connectivity index (χ4n) is 3.82. The van der Waals surface area contributed by atoms with Gasteiger partial charge >= 0.3 is 0 Å². The number of nitrogens with zero attached hydrogens (tertiary/aromatic N) is 3. The molecular weight excluding hydrogens is 481 g/mol. The zero-order chi connectivity index (χ0) is 19.8. The van der Waals surface area contributed by atoms with Gasteiger partial charge in [0.15, 0.2) is 5.96 Å². The number of methoxy groups -OCH3 is 2. The van der Waals surface area contributed by atoms with Crippen LogP contribution in [0.5, 0.6) is 5.75 Å². The summed E-state index contributed by atoms with van der Waals surface area (Å²) < 4.78 is 10.8. The SMILES string of the molecule is CN=C(NCCN(CCOC)C1CC1)NC1CCN(c2ccccc2OC)C1.I. The molecule has 0 radical (unpaired) electrons. The van der Waals surface area contributed by atoms with Gasteiger partial charge in [-0.15, -0.1) is 24.0 Å². The summed E-state index contributed by atoms with van der Waals surface area (Å²) in [7, 11) is 5.34. The fraction of sp³-hybridized carbons (Fsp3) is 0.667. The van der Waals surface area contributed by atoms with Crippen molar-refractivity contribution < 1.29 is 9.47 Å². The molecule has 164 valence electrons. The average molecular weight is 517 g/mol. The minimum Gasteiger partial charge on any atom is -0.495 e. The number of benzene rings is 1. The number of para-hydroxylation sites is 2. The van der Waals surface area contributed by atoms with Crippen LogP contribution < -0.4 is 20.3 Å². The first-order valence-corrected chi connectivity index (χ1v) is 10.3. The summed E-state index contributed by atoms with van der Waals surface area (Å²) in [5.74, 6) is 1.82. The van der Waals surface area contributed by atoms with E-state index in [1.165, 1.54) is 12.8 Å². The van der Waals surface area contributed by atoms with Crippen LogP contribution in [-0.4, -0.2) is 83.5 Å². The van der Waals surface area contributed by atoms with Crippen LogP contribution in [-0.2, 0) is 4.74 Å². The highest BCUT2D eigenvalue weighted by Gasteiger charge is 2.28. The van der Waals surface area contributed by atoms with Gasteiger partial charge in [-0.1, -0.05) is 12.1 Å². The van der Waals surface area contributed by atoms with E-state index in [1.54, 1.807) is 14.2 Å². The molecule has 1 aliphatic carbocycles. The summed E-state index contributed by atoms with van der Waals surface area (Å²) in [4.78, 5) is 9.31. The molecule has 0 spiro atoms. The standard InChI is InChI=1S/C21H35N5O2.HI/c1-22-21(23-11-13-25(14-15-27-2)18-8-9-18)24-17-10-12-26(16-17)19-6-4-5-7-20(19)28-3;/h4-7,17-18H,8-16H2,1-3H3,(H2,22,23,24);1H. The van der Waals surface area contributed by atoms with Gasteiger partial charge in [0.1, 0.15) is 5.75 Å². The van der Waals surface area contributed by atoms with Crippen molar-refractivity contribution >= 4 is 35.6 Å². The minimum absolute atomic E-state index is 0. The quantitative estimate of drug-likeness (QED) is 0.282. The maximum Gasteiger partial charge on any atom is 0.191 e. The van der Waals surface area contributed by atoms with Crippen molar-refractivity contribution in [1.82, 2.24) is 15.5 Å². The van der Waals surface area contributed by atoms with Crippen LogP contribution in [0.4, 0.5) is 5.69 Å². The predicted octanol–water partition coefficient (Wildman–Crippen LogP) is 2.17.